The number of nitrogens with zero attached hydrogens (tertiary/aromatic N) is 1. The molecule has 2 N–H and O–H groups in total. The van der Waals surface area contributed by atoms with Crippen molar-refractivity contribution in [3.05, 3.63) is 29.6 Å². The minimum Gasteiger partial charge on any atom is -0.393 e. The van der Waals surface area contributed by atoms with Crippen molar-refractivity contribution in [1.82, 2.24) is 4.31 Å². The summed E-state index contributed by atoms with van der Waals surface area (Å²) in [6.45, 7) is 2.33. The van der Waals surface area contributed by atoms with Gasteiger partial charge in [-0.1, -0.05) is 12.2 Å². The van der Waals surface area contributed by atoms with Crippen LogP contribution in [0.3, 0.4) is 0 Å². The third kappa shape index (κ3) is 2.99. The molecule has 1 fully saturated rings. The lowest BCUT2D eigenvalue weighted by Gasteiger charge is -2.31. The van der Waals surface area contributed by atoms with Gasteiger partial charge in [-0.15, -0.1) is 0 Å². The van der Waals surface area contributed by atoms with Gasteiger partial charge in [-0.05, 0) is 43.5 Å². The number of piperidine rings is 1. The lowest BCUT2D eigenvalue weighted by atomic mass is 10.0. The van der Waals surface area contributed by atoms with E-state index in [0.29, 0.717) is 23.6 Å². The van der Waals surface area contributed by atoms with Crippen LogP contribution in [0.2, 0.25) is 0 Å². The molecule has 0 radical (unpaired) electrons. The van der Waals surface area contributed by atoms with Crippen LogP contribution in [0.15, 0.2) is 23.1 Å². The first-order valence-corrected chi connectivity index (χ1v) is 8.23. The maximum Gasteiger partial charge on any atom is 0.243 e. The average molecular weight is 316 g/mol. The zero-order valence-electron chi connectivity index (χ0n) is 11.2. The summed E-state index contributed by atoms with van der Waals surface area (Å²) in [5, 5.41) is 0. The van der Waals surface area contributed by atoms with Crippen molar-refractivity contribution in [2.45, 2.75) is 24.7 Å². The smallest absolute Gasteiger partial charge is 0.243 e. The molecular weight excluding hydrogens is 299 g/mol. The summed E-state index contributed by atoms with van der Waals surface area (Å²) < 4.78 is 39.7. The Bertz CT molecular complexity index is 631. The second-order valence-electron chi connectivity index (χ2n) is 5.01. The van der Waals surface area contributed by atoms with Crippen LogP contribution in [-0.2, 0) is 10.0 Å². The SMILES string of the molecule is Cc1cc(F)ccc1S(=O)(=O)N1CCCC(C(N)=S)C1. The van der Waals surface area contributed by atoms with Crippen LogP contribution in [0.1, 0.15) is 18.4 Å². The van der Waals surface area contributed by atoms with Gasteiger partial charge in [-0.2, -0.15) is 4.31 Å². The predicted octanol–water partition coefficient (Wildman–Crippen LogP) is 1.82. The molecule has 4 nitrogen and oxygen atoms in total. The first-order chi connectivity index (χ1) is 9.32. The summed E-state index contributed by atoms with van der Waals surface area (Å²) in [5.74, 6) is -0.532. The molecule has 1 unspecified atom stereocenters. The molecule has 1 atom stereocenters. The van der Waals surface area contributed by atoms with Gasteiger partial charge in [0.05, 0.1) is 9.88 Å². The Morgan fingerprint density at radius 3 is 2.80 bits per heavy atom. The lowest BCUT2D eigenvalue weighted by Crippen LogP contribution is -2.43. The third-order valence-electron chi connectivity index (χ3n) is 3.54. The standard InChI is InChI=1S/C13H17FN2O2S2/c1-9-7-11(14)4-5-12(9)20(17,18)16-6-2-3-10(8-16)13(15)19/h4-5,7,10H,2-3,6,8H2,1H3,(H2,15,19). The van der Waals surface area contributed by atoms with Crippen LogP contribution in [0, 0.1) is 18.7 Å². The zero-order chi connectivity index (χ0) is 14.9. The summed E-state index contributed by atoms with van der Waals surface area (Å²) in [4.78, 5) is 0.489. The Morgan fingerprint density at radius 1 is 1.50 bits per heavy atom. The molecule has 1 aromatic carbocycles. The molecule has 0 amide bonds. The van der Waals surface area contributed by atoms with Gasteiger partial charge in [0, 0.05) is 19.0 Å². The van der Waals surface area contributed by atoms with Crippen LogP contribution >= 0.6 is 12.2 Å². The lowest BCUT2D eigenvalue weighted by molar-refractivity contribution is 0.312. The Morgan fingerprint density at radius 2 is 2.20 bits per heavy atom. The topological polar surface area (TPSA) is 63.4 Å². The molecule has 1 aliphatic heterocycles. The Balaban J connectivity index is 2.32. The van der Waals surface area contributed by atoms with Crippen molar-refractivity contribution >= 4 is 27.2 Å². The Kier molecular flexibility index (Phi) is 4.41. The highest BCUT2D eigenvalue weighted by molar-refractivity contribution is 7.89. The fourth-order valence-corrected chi connectivity index (χ4v) is 4.36. The molecular formula is C13H17FN2O2S2. The molecule has 0 bridgehead atoms. The second kappa shape index (κ2) is 5.75. The Labute approximate surface area is 123 Å². The molecule has 1 heterocycles. The minimum atomic E-state index is -3.62. The molecule has 110 valence electrons. The summed E-state index contributed by atoms with van der Waals surface area (Å²) in [6.07, 6.45) is 1.53. The Hall–Kier alpha value is -1.05. The van der Waals surface area contributed by atoms with Gasteiger partial charge in [0.15, 0.2) is 0 Å². The van der Waals surface area contributed by atoms with Gasteiger partial charge in [-0.3, -0.25) is 0 Å². The molecule has 20 heavy (non-hydrogen) atoms. The van der Waals surface area contributed by atoms with Gasteiger partial charge in [0.2, 0.25) is 10.0 Å². The molecule has 1 aliphatic rings. The van der Waals surface area contributed by atoms with E-state index in [1.807, 2.05) is 0 Å². The van der Waals surface area contributed by atoms with E-state index < -0.39 is 15.8 Å². The fourth-order valence-electron chi connectivity index (χ4n) is 2.43. The summed E-state index contributed by atoms with van der Waals surface area (Å²) in [5.41, 5.74) is 6.03. The molecule has 0 saturated carbocycles. The monoisotopic (exact) mass is 316 g/mol. The van der Waals surface area contributed by atoms with Crippen molar-refractivity contribution in [1.29, 1.82) is 0 Å². The van der Waals surface area contributed by atoms with Crippen LogP contribution in [0.25, 0.3) is 0 Å². The van der Waals surface area contributed by atoms with E-state index in [0.717, 1.165) is 18.9 Å². The van der Waals surface area contributed by atoms with E-state index in [2.05, 4.69) is 0 Å². The van der Waals surface area contributed by atoms with Crippen LogP contribution in [0.4, 0.5) is 4.39 Å². The minimum absolute atomic E-state index is 0.0886. The number of hydrogen-bond acceptors (Lipinski definition) is 3. The van der Waals surface area contributed by atoms with Gasteiger partial charge in [0.1, 0.15) is 5.82 Å². The van der Waals surface area contributed by atoms with Crippen molar-refractivity contribution < 1.29 is 12.8 Å². The number of aryl methyl sites for hydroxylation is 1. The number of rotatable bonds is 3. The van der Waals surface area contributed by atoms with Crippen molar-refractivity contribution in [3.8, 4) is 0 Å². The van der Waals surface area contributed by atoms with Crippen molar-refractivity contribution in [3.63, 3.8) is 0 Å². The average Bonchev–Trinajstić information content (AvgIpc) is 2.38. The van der Waals surface area contributed by atoms with Crippen molar-refractivity contribution in [2.75, 3.05) is 13.1 Å². The maximum absolute atomic E-state index is 13.1. The number of thiocarbonyl (C=S) groups is 1. The number of nitrogens with two attached hydrogens (primary N) is 1. The third-order valence-corrected chi connectivity index (χ3v) is 5.90. The first kappa shape index (κ1) is 15.3. The fraction of sp³-hybridized carbons (Fsp3) is 0.462. The number of hydrogen-bond donors (Lipinski definition) is 1. The second-order valence-corrected chi connectivity index (χ2v) is 7.39. The van der Waals surface area contributed by atoms with E-state index >= 15 is 0 Å². The predicted molar refractivity (Wildman–Crippen MR) is 79.4 cm³/mol. The van der Waals surface area contributed by atoms with E-state index in [4.69, 9.17) is 18.0 Å². The number of benzene rings is 1. The van der Waals surface area contributed by atoms with E-state index in [-0.39, 0.29) is 10.8 Å². The largest absolute Gasteiger partial charge is 0.393 e. The highest BCUT2D eigenvalue weighted by Crippen LogP contribution is 2.26. The molecule has 0 aliphatic carbocycles. The maximum atomic E-state index is 13.1. The van der Waals surface area contributed by atoms with Crippen LogP contribution < -0.4 is 5.73 Å². The van der Waals surface area contributed by atoms with Gasteiger partial charge in [0.25, 0.3) is 0 Å². The number of sulfonamides is 1. The highest BCUT2D eigenvalue weighted by atomic mass is 32.2. The van der Waals surface area contributed by atoms with Gasteiger partial charge in [-0.25, -0.2) is 12.8 Å². The number of halogens is 1. The van der Waals surface area contributed by atoms with E-state index in [1.54, 1.807) is 6.92 Å². The molecule has 2 rings (SSSR count). The van der Waals surface area contributed by atoms with Gasteiger partial charge >= 0.3 is 0 Å². The van der Waals surface area contributed by atoms with Crippen LogP contribution in [-0.4, -0.2) is 30.8 Å². The van der Waals surface area contributed by atoms with E-state index in [1.165, 1.54) is 16.4 Å². The van der Waals surface area contributed by atoms with Crippen molar-refractivity contribution in [2.24, 2.45) is 11.7 Å². The quantitative estimate of drug-likeness (QED) is 0.864. The summed E-state index contributed by atoms with van der Waals surface area (Å²) >= 11 is 4.96. The molecule has 0 spiro atoms. The molecule has 1 saturated heterocycles. The molecule has 0 aromatic heterocycles. The summed E-state index contributed by atoms with van der Waals surface area (Å²) in [6, 6.07) is 3.70. The van der Waals surface area contributed by atoms with E-state index in [9.17, 15) is 12.8 Å². The highest BCUT2D eigenvalue weighted by Gasteiger charge is 2.32. The molecule has 1 aromatic rings. The normalized spacial score (nSPS) is 20.8. The zero-order valence-corrected chi connectivity index (χ0v) is 12.8. The first-order valence-electron chi connectivity index (χ1n) is 6.38. The summed E-state index contributed by atoms with van der Waals surface area (Å²) in [7, 11) is -3.62. The molecule has 7 heteroatoms. The van der Waals surface area contributed by atoms with Crippen LogP contribution in [0.5, 0.6) is 0 Å². The van der Waals surface area contributed by atoms with Gasteiger partial charge < -0.3 is 5.73 Å².